The molecule has 0 spiro atoms. The van der Waals surface area contributed by atoms with E-state index in [9.17, 15) is 9.90 Å². The van der Waals surface area contributed by atoms with Gasteiger partial charge in [0, 0.05) is 12.1 Å². The first-order chi connectivity index (χ1) is 8.21. The van der Waals surface area contributed by atoms with Gasteiger partial charge in [0.25, 0.3) is 0 Å². The van der Waals surface area contributed by atoms with Crippen LogP contribution in [0.15, 0.2) is 30.4 Å². The second-order valence-electron chi connectivity index (χ2n) is 5.56. The van der Waals surface area contributed by atoms with Gasteiger partial charge in [-0.15, -0.1) is 0 Å². The maximum Gasteiger partial charge on any atom is 0.246 e. The standard InChI is InChI=1S/C15H21NO2/c1-10(2)14(18)16-9-11-6-7-13(17)12(8-11)15(3,4)5/h6-8,17H,1,9H2,2-5H3,(H,16,18). The van der Waals surface area contributed by atoms with Crippen LogP contribution in [0.2, 0.25) is 0 Å². The number of carbonyl (C=O) groups is 1. The van der Waals surface area contributed by atoms with Crippen molar-refractivity contribution in [2.45, 2.75) is 39.7 Å². The molecule has 0 aliphatic rings. The van der Waals surface area contributed by atoms with Gasteiger partial charge in [-0.1, -0.05) is 33.4 Å². The zero-order chi connectivity index (χ0) is 13.9. The van der Waals surface area contributed by atoms with E-state index in [1.165, 1.54) is 0 Å². The highest BCUT2D eigenvalue weighted by Crippen LogP contribution is 2.31. The average Bonchev–Trinajstić information content (AvgIpc) is 2.25. The zero-order valence-corrected chi connectivity index (χ0v) is 11.5. The van der Waals surface area contributed by atoms with Gasteiger partial charge in [-0.05, 0) is 35.6 Å². The molecule has 1 aromatic rings. The van der Waals surface area contributed by atoms with E-state index >= 15 is 0 Å². The smallest absolute Gasteiger partial charge is 0.246 e. The zero-order valence-electron chi connectivity index (χ0n) is 11.5. The highest BCUT2D eigenvalue weighted by atomic mass is 16.3. The number of phenols is 1. The lowest BCUT2D eigenvalue weighted by atomic mass is 9.85. The Hall–Kier alpha value is -1.77. The lowest BCUT2D eigenvalue weighted by Gasteiger charge is -2.21. The minimum atomic E-state index is -0.152. The summed E-state index contributed by atoms with van der Waals surface area (Å²) in [5.74, 6) is 0.137. The van der Waals surface area contributed by atoms with Crippen molar-refractivity contribution in [3.8, 4) is 5.75 Å². The molecule has 0 saturated carbocycles. The van der Waals surface area contributed by atoms with E-state index in [0.29, 0.717) is 12.1 Å². The van der Waals surface area contributed by atoms with Crippen LogP contribution < -0.4 is 5.32 Å². The molecule has 0 atom stereocenters. The molecule has 0 aromatic heterocycles. The van der Waals surface area contributed by atoms with Crippen molar-refractivity contribution >= 4 is 5.91 Å². The summed E-state index contributed by atoms with van der Waals surface area (Å²) >= 11 is 0. The van der Waals surface area contributed by atoms with Gasteiger partial charge in [-0.3, -0.25) is 4.79 Å². The summed E-state index contributed by atoms with van der Waals surface area (Å²) in [6.07, 6.45) is 0. The number of hydrogen-bond acceptors (Lipinski definition) is 2. The van der Waals surface area contributed by atoms with E-state index in [0.717, 1.165) is 11.1 Å². The fourth-order valence-electron chi connectivity index (χ4n) is 1.63. The van der Waals surface area contributed by atoms with E-state index in [4.69, 9.17) is 0 Å². The van der Waals surface area contributed by atoms with Crippen LogP contribution in [0.4, 0.5) is 0 Å². The lowest BCUT2D eigenvalue weighted by Crippen LogP contribution is -2.23. The highest BCUT2D eigenvalue weighted by molar-refractivity contribution is 5.92. The summed E-state index contributed by atoms with van der Waals surface area (Å²) in [7, 11) is 0. The van der Waals surface area contributed by atoms with Gasteiger partial charge in [-0.25, -0.2) is 0 Å². The fourth-order valence-corrected chi connectivity index (χ4v) is 1.63. The van der Waals surface area contributed by atoms with E-state index in [1.54, 1.807) is 13.0 Å². The summed E-state index contributed by atoms with van der Waals surface area (Å²) in [5.41, 5.74) is 2.21. The van der Waals surface area contributed by atoms with Crippen LogP contribution in [0.3, 0.4) is 0 Å². The van der Waals surface area contributed by atoms with Gasteiger partial charge in [0.05, 0.1) is 0 Å². The summed E-state index contributed by atoms with van der Waals surface area (Å²) in [4.78, 5) is 11.4. The van der Waals surface area contributed by atoms with E-state index in [-0.39, 0.29) is 17.1 Å². The van der Waals surface area contributed by atoms with Crippen LogP contribution in [0.25, 0.3) is 0 Å². The first-order valence-corrected chi connectivity index (χ1v) is 5.98. The number of aromatic hydroxyl groups is 1. The summed E-state index contributed by atoms with van der Waals surface area (Å²) in [6, 6.07) is 5.40. The molecular weight excluding hydrogens is 226 g/mol. The molecular formula is C15H21NO2. The molecule has 1 amide bonds. The Morgan fingerprint density at radius 3 is 2.50 bits per heavy atom. The molecule has 3 nitrogen and oxygen atoms in total. The van der Waals surface area contributed by atoms with E-state index in [2.05, 4.69) is 11.9 Å². The second kappa shape index (κ2) is 5.25. The van der Waals surface area contributed by atoms with Gasteiger partial charge in [0.15, 0.2) is 0 Å². The number of hydrogen-bond donors (Lipinski definition) is 2. The maximum absolute atomic E-state index is 11.4. The third kappa shape index (κ3) is 3.62. The van der Waals surface area contributed by atoms with Gasteiger partial charge in [0.1, 0.15) is 5.75 Å². The van der Waals surface area contributed by atoms with Crippen molar-refractivity contribution in [2.24, 2.45) is 0 Å². The molecule has 3 heteroatoms. The third-order valence-corrected chi connectivity index (χ3v) is 2.71. The van der Waals surface area contributed by atoms with Crippen molar-refractivity contribution in [3.63, 3.8) is 0 Å². The molecule has 0 radical (unpaired) electrons. The van der Waals surface area contributed by atoms with Crippen LogP contribution in [0.1, 0.15) is 38.8 Å². The molecule has 1 aromatic carbocycles. The predicted octanol–water partition coefficient (Wildman–Crippen LogP) is 2.88. The third-order valence-electron chi connectivity index (χ3n) is 2.71. The van der Waals surface area contributed by atoms with Crippen LogP contribution in [-0.4, -0.2) is 11.0 Å². The van der Waals surface area contributed by atoms with E-state index < -0.39 is 0 Å². The Bertz CT molecular complexity index is 470. The van der Waals surface area contributed by atoms with Crippen molar-refractivity contribution in [3.05, 3.63) is 41.5 Å². The van der Waals surface area contributed by atoms with Crippen LogP contribution in [0.5, 0.6) is 5.75 Å². The van der Waals surface area contributed by atoms with Gasteiger partial charge in [0.2, 0.25) is 5.91 Å². The molecule has 0 saturated heterocycles. The number of phenolic OH excluding ortho intramolecular Hbond substituents is 1. The van der Waals surface area contributed by atoms with Crippen molar-refractivity contribution in [2.75, 3.05) is 0 Å². The highest BCUT2D eigenvalue weighted by Gasteiger charge is 2.18. The van der Waals surface area contributed by atoms with Crippen LogP contribution in [-0.2, 0) is 16.8 Å². The first kappa shape index (κ1) is 14.3. The average molecular weight is 247 g/mol. The van der Waals surface area contributed by atoms with E-state index in [1.807, 2.05) is 32.9 Å². The van der Waals surface area contributed by atoms with Crippen molar-refractivity contribution in [1.29, 1.82) is 0 Å². The number of amides is 1. The molecule has 0 aliphatic heterocycles. The summed E-state index contributed by atoms with van der Waals surface area (Å²) in [5, 5.41) is 12.6. The van der Waals surface area contributed by atoms with Gasteiger partial charge >= 0.3 is 0 Å². The van der Waals surface area contributed by atoms with Crippen molar-refractivity contribution < 1.29 is 9.90 Å². The van der Waals surface area contributed by atoms with Gasteiger partial charge in [-0.2, -0.15) is 0 Å². The Morgan fingerprint density at radius 2 is 2.00 bits per heavy atom. The minimum absolute atomic E-state index is 0.127. The van der Waals surface area contributed by atoms with Crippen LogP contribution >= 0.6 is 0 Å². The number of carbonyl (C=O) groups excluding carboxylic acids is 1. The lowest BCUT2D eigenvalue weighted by molar-refractivity contribution is -0.117. The number of nitrogens with one attached hydrogen (secondary N) is 1. The molecule has 1 rings (SSSR count). The SMILES string of the molecule is C=C(C)C(=O)NCc1ccc(O)c(C(C)(C)C)c1. The quantitative estimate of drug-likeness (QED) is 0.807. The largest absolute Gasteiger partial charge is 0.508 e. The topological polar surface area (TPSA) is 49.3 Å². The second-order valence-corrected chi connectivity index (χ2v) is 5.56. The fraction of sp³-hybridized carbons (Fsp3) is 0.400. The number of rotatable bonds is 3. The first-order valence-electron chi connectivity index (χ1n) is 5.98. The maximum atomic E-state index is 11.4. The molecule has 0 unspecified atom stereocenters. The van der Waals surface area contributed by atoms with Crippen molar-refractivity contribution in [1.82, 2.24) is 5.32 Å². The number of benzene rings is 1. The van der Waals surface area contributed by atoms with Crippen LogP contribution in [0, 0.1) is 0 Å². The molecule has 0 fully saturated rings. The Morgan fingerprint density at radius 1 is 1.39 bits per heavy atom. The summed E-state index contributed by atoms with van der Waals surface area (Å²) in [6.45, 7) is 11.8. The minimum Gasteiger partial charge on any atom is -0.508 e. The normalized spacial score (nSPS) is 11.1. The molecule has 0 aliphatic carbocycles. The molecule has 0 heterocycles. The Balaban J connectivity index is 2.86. The predicted molar refractivity (Wildman–Crippen MR) is 73.5 cm³/mol. The molecule has 18 heavy (non-hydrogen) atoms. The van der Waals surface area contributed by atoms with Gasteiger partial charge < -0.3 is 10.4 Å². The molecule has 0 bridgehead atoms. The summed E-state index contributed by atoms with van der Waals surface area (Å²) < 4.78 is 0. The Kier molecular flexibility index (Phi) is 4.17. The monoisotopic (exact) mass is 247 g/mol. The Labute approximate surface area is 109 Å². The molecule has 98 valence electrons. The molecule has 2 N–H and O–H groups in total.